The Morgan fingerprint density at radius 2 is 1.80 bits per heavy atom. The number of methoxy groups -OCH3 is 2. The van der Waals surface area contributed by atoms with Gasteiger partial charge in [0.25, 0.3) is 0 Å². The lowest BCUT2D eigenvalue weighted by molar-refractivity contribution is 0.170. The molecule has 0 fully saturated rings. The van der Waals surface area contributed by atoms with E-state index < -0.39 is 0 Å². The van der Waals surface area contributed by atoms with Crippen LogP contribution in [0.4, 0.5) is 4.39 Å². The zero-order valence-corrected chi connectivity index (χ0v) is 13.0. The Bertz CT molecular complexity index is 418. The lowest BCUT2D eigenvalue weighted by atomic mass is 9.90. The van der Waals surface area contributed by atoms with Gasteiger partial charge >= 0.3 is 0 Å². The molecule has 0 radical (unpaired) electrons. The molecular formula is C16H25FO3. The summed E-state index contributed by atoms with van der Waals surface area (Å²) in [5, 5.41) is 0. The molecule has 1 unspecified atom stereocenters. The first-order valence-electron chi connectivity index (χ1n) is 7.00. The summed E-state index contributed by atoms with van der Waals surface area (Å²) >= 11 is 0. The van der Waals surface area contributed by atoms with Gasteiger partial charge in [0, 0.05) is 20.1 Å². The fourth-order valence-electron chi connectivity index (χ4n) is 1.93. The average molecular weight is 284 g/mol. The maximum Gasteiger partial charge on any atom is 0.196 e. The molecule has 0 aliphatic carbocycles. The van der Waals surface area contributed by atoms with Gasteiger partial charge in [-0.2, -0.15) is 0 Å². The van der Waals surface area contributed by atoms with E-state index in [0.717, 1.165) is 12.0 Å². The van der Waals surface area contributed by atoms with Gasteiger partial charge in [0.05, 0.1) is 13.7 Å². The zero-order valence-electron chi connectivity index (χ0n) is 13.0. The van der Waals surface area contributed by atoms with Crippen LogP contribution >= 0.6 is 0 Å². The first-order chi connectivity index (χ1) is 9.51. The van der Waals surface area contributed by atoms with E-state index in [2.05, 4.69) is 20.8 Å². The van der Waals surface area contributed by atoms with E-state index in [-0.39, 0.29) is 17.5 Å². The number of hydrogen-bond acceptors (Lipinski definition) is 3. The van der Waals surface area contributed by atoms with E-state index in [1.165, 1.54) is 13.2 Å². The summed E-state index contributed by atoms with van der Waals surface area (Å²) in [5.41, 5.74) is 0.931. The lowest BCUT2D eigenvalue weighted by Crippen LogP contribution is -2.07. The van der Waals surface area contributed by atoms with Crippen LogP contribution < -0.4 is 9.47 Å². The van der Waals surface area contributed by atoms with E-state index in [1.807, 2.05) is 6.07 Å². The first-order valence-corrected chi connectivity index (χ1v) is 7.00. The molecule has 0 bridgehead atoms. The van der Waals surface area contributed by atoms with E-state index >= 15 is 0 Å². The molecule has 0 aliphatic rings. The van der Waals surface area contributed by atoms with Crippen molar-refractivity contribution in [3.63, 3.8) is 0 Å². The van der Waals surface area contributed by atoms with Gasteiger partial charge in [-0.05, 0) is 29.5 Å². The Morgan fingerprint density at radius 1 is 1.10 bits per heavy atom. The van der Waals surface area contributed by atoms with Crippen molar-refractivity contribution in [3.8, 4) is 11.5 Å². The Kier molecular flexibility index (Phi) is 6.79. The second kappa shape index (κ2) is 8.10. The standard InChI is InChI=1S/C16H25FO3/c1-11(2)12(3)13-9-14(17)16(19-5)15(10-13)20-8-6-7-18-4/h9-12H,6-8H2,1-5H3. The highest BCUT2D eigenvalue weighted by atomic mass is 19.1. The van der Waals surface area contributed by atoms with E-state index in [0.29, 0.717) is 24.9 Å². The molecule has 1 rings (SSSR count). The Morgan fingerprint density at radius 3 is 2.35 bits per heavy atom. The van der Waals surface area contributed by atoms with Crippen molar-refractivity contribution in [1.82, 2.24) is 0 Å². The van der Waals surface area contributed by atoms with Gasteiger partial charge in [-0.25, -0.2) is 4.39 Å². The van der Waals surface area contributed by atoms with Crippen LogP contribution in [-0.2, 0) is 4.74 Å². The summed E-state index contributed by atoms with van der Waals surface area (Å²) < 4.78 is 29.8. The van der Waals surface area contributed by atoms with Crippen LogP contribution in [0.1, 0.15) is 38.7 Å². The van der Waals surface area contributed by atoms with Crippen molar-refractivity contribution in [3.05, 3.63) is 23.5 Å². The minimum atomic E-state index is -0.376. The number of halogens is 1. The molecule has 1 aromatic carbocycles. The SMILES string of the molecule is COCCCOc1cc(C(C)C(C)C)cc(F)c1OC. The van der Waals surface area contributed by atoms with E-state index in [9.17, 15) is 4.39 Å². The van der Waals surface area contributed by atoms with Gasteiger partial charge in [0.2, 0.25) is 0 Å². The Labute approximate surface area is 121 Å². The summed E-state index contributed by atoms with van der Waals surface area (Å²) in [6.07, 6.45) is 0.755. The highest BCUT2D eigenvalue weighted by Crippen LogP contribution is 2.36. The summed E-state index contributed by atoms with van der Waals surface area (Å²) in [4.78, 5) is 0. The highest BCUT2D eigenvalue weighted by Gasteiger charge is 2.18. The fraction of sp³-hybridized carbons (Fsp3) is 0.625. The average Bonchev–Trinajstić information content (AvgIpc) is 2.42. The topological polar surface area (TPSA) is 27.7 Å². The van der Waals surface area contributed by atoms with Crippen LogP contribution in [0, 0.1) is 11.7 Å². The Balaban J connectivity index is 2.94. The summed E-state index contributed by atoms with van der Waals surface area (Å²) in [6.45, 7) is 7.41. The molecule has 3 nitrogen and oxygen atoms in total. The largest absolute Gasteiger partial charge is 0.490 e. The smallest absolute Gasteiger partial charge is 0.196 e. The third-order valence-electron chi connectivity index (χ3n) is 3.51. The second-order valence-corrected chi connectivity index (χ2v) is 5.26. The van der Waals surface area contributed by atoms with E-state index in [1.54, 1.807) is 7.11 Å². The Hall–Kier alpha value is -1.29. The van der Waals surface area contributed by atoms with Crippen molar-refractivity contribution < 1.29 is 18.6 Å². The molecule has 0 heterocycles. The van der Waals surface area contributed by atoms with Crippen molar-refractivity contribution in [1.29, 1.82) is 0 Å². The number of hydrogen-bond donors (Lipinski definition) is 0. The quantitative estimate of drug-likeness (QED) is 0.675. The molecule has 0 aliphatic heterocycles. The normalized spacial score (nSPS) is 12.6. The van der Waals surface area contributed by atoms with Crippen LogP contribution in [0.25, 0.3) is 0 Å². The number of rotatable bonds is 8. The van der Waals surface area contributed by atoms with Gasteiger partial charge in [0.15, 0.2) is 17.3 Å². The van der Waals surface area contributed by atoms with Crippen LogP contribution in [-0.4, -0.2) is 27.4 Å². The van der Waals surface area contributed by atoms with Crippen LogP contribution in [0.2, 0.25) is 0 Å². The monoisotopic (exact) mass is 284 g/mol. The summed E-state index contributed by atoms with van der Waals surface area (Å²) in [7, 11) is 3.09. The van der Waals surface area contributed by atoms with Crippen LogP contribution in [0.15, 0.2) is 12.1 Å². The van der Waals surface area contributed by atoms with Crippen molar-refractivity contribution in [2.24, 2.45) is 5.92 Å². The fourth-order valence-corrected chi connectivity index (χ4v) is 1.93. The molecule has 0 N–H and O–H groups in total. The van der Waals surface area contributed by atoms with Gasteiger partial charge < -0.3 is 14.2 Å². The molecule has 0 aromatic heterocycles. The molecule has 1 aromatic rings. The second-order valence-electron chi connectivity index (χ2n) is 5.26. The van der Waals surface area contributed by atoms with Crippen LogP contribution in [0.3, 0.4) is 0 Å². The molecule has 114 valence electrons. The molecule has 0 amide bonds. The number of ether oxygens (including phenoxy) is 3. The molecule has 0 saturated heterocycles. The molecule has 1 atom stereocenters. The van der Waals surface area contributed by atoms with Gasteiger partial charge in [-0.15, -0.1) is 0 Å². The van der Waals surface area contributed by atoms with Crippen molar-refractivity contribution in [2.45, 2.75) is 33.1 Å². The first kappa shape index (κ1) is 16.8. The van der Waals surface area contributed by atoms with Gasteiger partial charge in [-0.3, -0.25) is 0 Å². The van der Waals surface area contributed by atoms with Crippen LogP contribution in [0.5, 0.6) is 11.5 Å². The number of benzene rings is 1. The van der Waals surface area contributed by atoms with Gasteiger partial charge in [0.1, 0.15) is 0 Å². The van der Waals surface area contributed by atoms with Crippen molar-refractivity contribution in [2.75, 3.05) is 27.4 Å². The molecular weight excluding hydrogens is 259 g/mol. The third-order valence-corrected chi connectivity index (χ3v) is 3.51. The van der Waals surface area contributed by atoms with Gasteiger partial charge in [-0.1, -0.05) is 20.8 Å². The molecule has 4 heteroatoms. The zero-order chi connectivity index (χ0) is 15.1. The minimum absolute atomic E-state index is 0.169. The maximum atomic E-state index is 14.1. The summed E-state index contributed by atoms with van der Waals surface area (Å²) in [6, 6.07) is 3.41. The molecule has 20 heavy (non-hydrogen) atoms. The predicted molar refractivity (Wildman–Crippen MR) is 78.2 cm³/mol. The summed E-state index contributed by atoms with van der Waals surface area (Å²) in [5.74, 6) is 0.952. The molecule has 0 saturated carbocycles. The molecule has 0 spiro atoms. The maximum absolute atomic E-state index is 14.1. The third kappa shape index (κ3) is 4.37. The van der Waals surface area contributed by atoms with E-state index in [4.69, 9.17) is 14.2 Å². The lowest BCUT2D eigenvalue weighted by Gasteiger charge is -2.19. The minimum Gasteiger partial charge on any atom is -0.490 e. The predicted octanol–water partition coefficient (Wildman–Crippen LogP) is 4.01. The van der Waals surface area contributed by atoms with Crippen molar-refractivity contribution >= 4 is 0 Å². The highest BCUT2D eigenvalue weighted by molar-refractivity contribution is 5.45.